The van der Waals surface area contributed by atoms with E-state index in [4.69, 9.17) is 9.26 Å². The maximum atomic E-state index is 12.7. The summed E-state index contributed by atoms with van der Waals surface area (Å²) in [6, 6.07) is 16.8. The summed E-state index contributed by atoms with van der Waals surface area (Å²) in [7, 11) is -1.74. The number of hydrogen-bond donors (Lipinski definition) is 0. The van der Waals surface area contributed by atoms with Gasteiger partial charge in [-0.25, -0.2) is 12.7 Å². The van der Waals surface area contributed by atoms with E-state index in [1.54, 1.807) is 11.4 Å². The number of rotatable bonds is 6. The quantitative estimate of drug-likeness (QED) is 0.615. The monoisotopic (exact) mass is 413 g/mol. The van der Waals surface area contributed by atoms with E-state index in [1.807, 2.05) is 54.6 Å². The van der Waals surface area contributed by atoms with E-state index in [-0.39, 0.29) is 11.7 Å². The predicted molar refractivity (Wildman–Crippen MR) is 109 cm³/mol. The molecule has 3 aromatic rings. The second-order valence-corrected chi connectivity index (χ2v) is 9.04. The predicted octanol–water partition coefficient (Wildman–Crippen LogP) is 3.45. The second kappa shape index (κ2) is 8.34. The molecule has 0 N–H and O–H groups in total. The summed E-state index contributed by atoms with van der Waals surface area (Å²) < 4.78 is 37.9. The van der Waals surface area contributed by atoms with Gasteiger partial charge in [-0.1, -0.05) is 47.6 Å². The normalized spacial score (nSPS) is 16.0. The molecule has 2 aromatic carbocycles. The number of ether oxygens (including phenoxy) is 1. The summed E-state index contributed by atoms with van der Waals surface area (Å²) in [6.45, 7) is 0.901. The van der Waals surface area contributed by atoms with Crippen LogP contribution < -0.4 is 4.74 Å². The van der Waals surface area contributed by atoms with Crippen LogP contribution in [0.4, 0.5) is 0 Å². The Bertz CT molecular complexity index is 1060. The Balaban J connectivity index is 1.42. The van der Waals surface area contributed by atoms with E-state index in [2.05, 4.69) is 10.1 Å². The van der Waals surface area contributed by atoms with Crippen LogP contribution in [-0.4, -0.2) is 43.1 Å². The van der Waals surface area contributed by atoms with Gasteiger partial charge >= 0.3 is 0 Å². The van der Waals surface area contributed by atoms with Crippen LogP contribution in [0.3, 0.4) is 0 Å². The Kier molecular flexibility index (Phi) is 5.64. The minimum absolute atomic E-state index is 0.0248. The van der Waals surface area contributed by atoms with Gasteiger partial charge in [0.2, 0.25) is 21.7 Å². The molecule has 2 heterocycles. The smallest absolute Gasteiger partial charge is 0.230 e. The molecule has 0 aliphatic carbocycles. The largest absolute Gasteiger partial charge is 0.496 e. The molecule has 4 rings (SSSR count). The van der Waals surface area contributed by atoms with Crippen molar-refractivity contribution in [3.63, 3.8) is 0 Å². The molecule has 1 aliphatic rings. The highest BCUT2D eigenvalue weighted by molar-refractivity contribution is 7.88. The van der Waals surface area contributed by atoms with E-state index in [0.29, 0.717) is 43.4 Å². The Morgan fingerprint density at radius 2 is 1.76 bits per heavy atom. The number of nitrogens with zero attached hydrogens (tertiary/aromatic N) is 3. The lowest BCUT2D eigenvalue weighted by molar-refractivity contribution is 0.270. The average molecular weight is 413 g/mol. The lowest BCUT2D eigenvalue weighted by atomic mass is 9.98. The molecule has 0 bridgehead atoms. The van der Waals surface area contributed by atoms with Crippen molar-refractivity contribution in [1.29, 1.82) is 0 Å². The fourth-order valence-corrected chi connectivity index (χ4v) is 5.16. The highest BCUT2D eigenvalue weighted by Crippen LogP contribution is 2.32. The van der Waals surface area contributed by atoms with Gasteiger partial charge in [0.05, 0.1) is 18.4 Å². The van der Waals surface area contributed by atoms with Crippen LogP contribution in [0.2, 0.25) is 0 Å². The summed E-state index contributed by atoms with van der Waals surface area (Å²) in [5.41, 5.74) is 1.57. The maximum absolute atomic E-state index is 12.7. The van der Waals surface area contributed by atoms with Crippen LogP contribution in [0.25, 0.3) is 11.4 Å². The third-order valence-electron chi connectivity index (χ3n) is 5.18. The molecule has 1 aromatic heterocycles. The minimum atomic E-state index is -3.34. The molecule has 7 nitrogen and oxygen atoms in total. The summed E-state index contributed by atoms with van der Waals surface area (Å²) in [6.07, 6.45) is 1.31. The molecule has 29 heavy (non-hydrogen) atoms. The SMILES string of the molecule is COc1ccccc1-c1noc(C2CCN(S(=O)(=O)Cc3ccccc3)CC2)n1. The highest BCUT2D eigenvalue weighted by atomic mass is 32.2. The fourth-order valence-electron chi connectivity index (χ4n) is 3.60. The standard InChI is InChI=1S/C21H23N3O4S/c1-27-19-10-6-5-9-18(19)20-22-21(28-23-20)17-11-13-24(14-12-17)29(25,26)15-16-7-3-2-4-8-16/h2-10,17H,11-15H2,1H3. The summed E-state index contributed by atoms with van der Waals surface area (Å²) in [5.74, 6) is 1.79. The molecule has 8 heteroatoms. The van der Waals surface area contributed by atoms with Gasteiger partial charge in [0, 0.05) is 19.0 Å². The molecule has 0 atom stereocenters. The number of benzene rings is 2. The van der Waals surface area contributed by atoms with Gasteiger partial charge in [0.1, 0.15) is 5.75 Å². The Morgan fingerprint density at radius 1 is 1.07 bits per heavy atom. The Hall–Kier alpha value is -2.71. The first-order chi connectivity index (χ1) is 14.1. The van der Waals surface area contributed by atoms with E-state index in [0.717, 1.165) is 11.1 Å². The van der Waals surface area contributed by atoms with Gasteiger partial charge in [0.15, 0.2) is 0 Å². The summed E-state index contributed by atoms with van der Waals surface area (Å²) in [5, 5.41) is 4.10. The first kappa shape index (κ1) is 19.6. The van der Waals surface area contributed by atoms with Crippen LogP contribution in [0.15, 0.2) is 59.1 Å². The van der Waals surface area contributed by atoms with Crippen LogP contribution >= 0.6 is 0 Å². The first-order valence-corrected chi connectivity index (χ1v) is 11.2. The van der Waals surface area contributed by atoms with E-state index in [9.17, 15) is 8.42 Å². The molecule has 0 amide bonds. The summed E-state index contributed by atoms with van der Waals surface area (Å²) in [4.78, 5) is 4.54. The molecule has 152 valence electrons. The van der Waals surface area contributed by atoms with Crippen molar-refractivity contribution < 1.29 is 17.7 Å². The van der Waals surface area contributed by atoms with E-state index < -0.39 is 10.0 Å². The second-order valence-electron chi connectivity index (χ2n) is 7.07. The molecule has 1 fully saturated rings. The number of para-hydroxylation sites is 1. The zero-order valence-corrected chi connectivity index (χ0v) is 17.0. The van der Waals surface area contributed by atoms with Gasteiger partial charge in [-0.2, -0.15) is 4.98 Å². The summed E-state index contributed by atoms with van der Waals surface area (Å²) >= 11 is 0. The van der Waals surface area contributed by atoms with Crippen molar-refractivity contribution in [2.45, 2.75) is 24.5 Å². The van der Waals surface area contributed by atoms with Crippen molar-refractivity contribution in [2.75, 3.05) is 20.2 Å². The molecule has 1 saturated heterocycles. The molecule has 0 spiro atoms. The molecule has 0 saturated carbocycles. The molecular formula is C21H23N3O4S. The van der Waals surface area contributed by atoms with Crippen LogP contribution in [0, 0.1) is 0 Å². The molecule has 0 unspecified atom stereocenters. The first-order valence-electron chi connectivity index (χ1n) is 9.55. The zero-order chi connectivity index (χ0) is 20.3. The maximum Gasteiger partial charge on any atom is 0.230 e. The van der Waals surface area contributed by atoms with Crippen LogP contribution in [-0.2, 0) is 15.8 Å². The zero-order valence-electron chi connectivity index (χ0n) is 16.2. The Labute approximate surface area is 170 Å². The Morgan fingerprint density at radius 3 is 2.48 bits per heavy atom. The molecule has 0 radical (unpaired) electrons. The van der Waals surface area contributed by atoms with Crippen molar-refractivity contribution in [2.24, 2.45) is 0 Å². The number of hydrogen-bond acceptors (Lipinski definition) is 6. The molecule has 1 aliphatic heterocycles. The third kappa shape index (κ3) is 4.33. The third-order valence-corrected chi connectivity index (χ3v) is 7.03. The van der Waals surface area contributed by atoms with Crippen molar-refractivity contribution in [1.82, 2.24) is 14.4 Å². The number of piperidine rings is 1. The van der Waals surface area contributed by atoms with Crippen molar-refractivity contribution in [3.8, 4) is 17.1 Å². The van der Waals surface area contributed by atoms with Gasteiger partial charge in [-0.05, 0) is 30.5 Å². The van der Waals surface area contributed by atoms with Gasteiger partial charge in [0.25, 0.3) is 0 Å². The fraction of sp³-hybridized carbons (Fsp3) is 0.333. The van der Waals surface area contributed by atoms with Gasteiger partial charge in [-0.15, -0.1) is 0 Å². The molecular weight excluding hydrogens is 390 g/mol. The van der Waals surface area contributed by atoms with Crippen molar-refractivity contribution >= 4 is 10.0 Å². The highest BCUT2D eigenvalue weighted by Gasteiger charge is 2.31. The number of sulfonamides is 1. The van der Waals surface area contributed by atoms with Crippen molar-refractivity contribution in [3.05, 3.63) is 66.1 Å². The minimum Gasteiger partial charge on any atom is -0.496 e. The van der Waals surface area contributed by atoms with Gasteiger partial charge < -0.3 is 9.26 Å². The van der Waals surface area contributed by atoms with Crippen LogP contribution in [0.1, 0.15) is 30.2 Å². The number of methoxy groups -OCH3 is 1. The van der Waals surface area contributed by atoms with Gasteiger partial charge in [-0.3, -0.25) is 0 Å². The lowest BCUT2D eigenvalue weighted by Crippen LogP contribution is -2.38. The topological polar surface area (TPSA) is 85.5 Å². The lowest BCUT2D eigenvalue weighted by Gasteiger charge is -2.29. The van der Waals surface area contributed by atoms with E-state index in [1.165, 1.54) is 0 Å². The van der Waals surface area contributed by atoms with Crippen LogP contribution in [0.5, 0.6) is 5.75 Å². The number of aromatic nitrogens is 2. The average Bonchev–Trinajstić information content (AvgIpc) is 3.24. The van der Waals surface area contributed by atoms with E-state index >= 15 is 0 Å².